The zero-order valence-corrected chi connectivity index (χ0v) is 41.4. The fourth-order valence-electron chi connectivity index (χ4n) is 9.35. The predicted molar refractivity (Wildman–Crippen MR) is 258 cm³/mol. The number of esters is 3. The molecule has 0 aromatic carbocycles. The van der Waals surface area contributed by atoms with Gasteiger partial charge < -0.3 is 19.1 Å². The van der Waals surface area contributed by atoms with Crippen molar-refractivity contribution in [1.29, 1.82) is 0 Å². The van der Waals surface area contributed by atoms with Gasteiger partial charge in [-0.15, -0.1) is 0 Å². The molecule has 1 saturated heterocycles. The molecule has 360 valence electrons. The highest BCUT2D eigenvalue weighted by Crippen LogP contribution is 2.25. The molecule has 1 atom stereocenters. The highest BCUT2D eigenvalue weighted by molar-refractivity contribution is 5.73. The van der Waals surface area contributed by atoms with Crippen LogP contribution < -0.4 is 0 Å². The molecule has 0 unspecified atom stereocenters. The SMILES string of the molecule is CCCCCCC(CCCCCC)CCOC(=O)CCCCCCCC(CCCCCCCC(=O)OCCC(CCCCCC)CCCCCC)COC(=O)[C@H]1CCN(C)C1. The molecule has 0 N–H and O–H groups in total. The Labute approximate surface area is 379 Å². The van der Waals surface area contributed by atoms with Gasteiger partial charge >= 0.3 is 17.9 Å². The minimum absolute atomic E-state index is 0.0166. The summed E-state index contributed by atoms with van der Waals surface area (Å²) in [5, 5.41) is 0. The number of hydrogen-bond acceptors (Lipinski definition) is 7. The van der Waals surface area contributed by atoms with Crippen LogP contribution in [0.3, 0.4) is 0 Å². The van der Waals surface area contributed by atoms with Crippen molar-refractivity contribution in [3.8, 4) is 0 Å². The van der Waals surface area contributed by atoms with Crippen LogP contribution in [0.1, 0.15) is 265 Å². The van der Waals surface area contributed by atoms with E-state index in [1.165, 1.54) is 128 Å². The molecule has 0 amide bonds. The normalized spacial score (nSPS) is 14.5. The van der Waals surface area contributed by atoms with Crippen LogP contribution in [0.2, 0.25) is 0 Å². The van der Waals surface area contributed by atoms with Crippen LogP contribution in [0.5, 0.6) is 0 Å². The second-order valence-corrected chi connectivity index (χ2v) is 19.5. The molecule has 0 aromatic rings. The summed E-state index contributed by atoms with van der Waals surface area (Å²) in [7, 11) is 2.08. The first-order valence-corrected chi connectivity index (χ1v) is 27.0. The Morgan fingerprint density at radius 3 is 1.15 bits per heavy atom. The topological polar surface area (TPSA) is 82.1 Å². The molecule has 7 heteroatoms. The summed E-state index contributed by atoms with van der Waals surface area (Å²) in [6, 6.07) is 0. The van der Waals surface area contributed by atoms with Crippen LogP contribution >= 0.6 is 0 Å². The number of nitrogens with zero attached hydrogens (tertiary/aromatic N) is 1. The van der Waals surface area contributed by atoms with Gasteiger partial charge in [0.1, 0.15) is 0 Å². The lowest BCUT2D eigenvalue weighted by molar-refractivity contribution is -0.149. The summed E-state index contributed by atoms with van der Waals surface area (Å²) in [6.07, 6.45) is 43.1. The van der Waals surface area contributed by atoms with E-state index in [1.54, 1.807) is 0 Å². The Morgan fingerprint density at radius 1 is 0.443 bits per heavy atom. The molecule has 1 aliphatic rings. The van der Waals surface area contributed by atoms with Crippen LogP contribution in [0, 0.1) is 23.7 Å². The largest absolute Gasteiger partial charge is 0.466 e. The molecule has 0 bridgehead atoms. The zero-order chi connectivity index (χ0) is 44.4. The standard InChI is InChI=1S/C54H103NO6/c1-6-10-14-24-32-48(33-25-15-11-7-2)41-44-59-52(56)38-30-22-18-20-28-36-50(47-61-54(58)51-40-43-55(5)46-51)37-29-21-19-23-31-39-53(57)60-45-42-49(34-26-16-12-8-3)35-27-17-13-9-4/h48-51H,6-47H2,1-5H3/t51-/m0/s1. The van der Waals surface area contributed by atoms with E-state index in [0.717, 1.165) is 109 Å². The number of rotatable bonds is 45. The molecule has 7 nitrogen and oxygen atoms in total. The van der Waals surface area contributed by atoms with Gasteiger partial charge in [0, 0.05) is 19.4 Å². The average molecular weight is 862 g/mol. The first-order chi connectivity index (χ1) is 29.8. The average Bonchev–Trinajstić information content (AvgIpc) is 3.70. The van der Waals surface area contributed by atoms with Gasteiger partial charge in [-0.25, -0.2) is 0 Å². The molecule has 0 saturated carbocycles. The van der Waals surface area contributed by atoms with Gasteiger partial charge in [0.15, 0.2) is 0 Å². The van der Waals surface area contributed by atoms with Crippen molar-refractivity contribution >= 4 is 17.9 Å². The maximum Gasteiger partial charge on any atom is 0.310 e. The molecule has 61 heavy (non-hydrogen) atoms. The van der Waals surface area contributed by atoms with Crippen LogP contribution in [0.15, 0.2) is 0 Å². The van der Waals surface area contributed by atoms with E-state index in [2.05, 4.69) is 39.6 Å². The lowest BCUT2D eigenvalue weighted by atomic mass is 9.92. The van der Waals surface area contributed by atoms with Crippen molar-refractivity contribution in [2.75, 3.05) is 40.0 Å². The van der Waals surface area contributed by atoms with Crippen molar-refractivity contribution in [2.24, 2.45) is 23.7 Å². The third-order valence-electron chi connectivity index (χ3n) is 13.6. The molecule has 1 rings (SSSR count). The second kappa shape index (κ2) is 42.3. The van der Waals surface area contributed by atoms with E-state index in [-0.39, 0.29) is 23.8 Å². The van der Waals surface area contributed by atoms with Crippen molar-refractivity contribution in [3.63, 3.8) is 0 Å². The Morgan fingerprint density at radius 2 is 0.787 bits per heavy atom. The highest BCUT2D eigenvalue weighted by atomic mass is 16.5. The van der Waals surface area contributed by atoms with Gasteiger partial charge in [0.2, 0.25) is 0 Å². The lowest BCUT2D eigenvalue weighted by Gasteiger charge is -2.19. The first kappa shape index (κ1) is 57.4. The van der Waals surface area contributed by atoms with E-state index in [4.69, 9.17) is 14.2 Å². The molecule has 0 spiro atoms. The smallest absolute Gasteiger partial charge is 0.310 e. The summed E-state index contributed by atoms with van der Waals surface area (Å²) in [5.74, 6) is 1.75. The van der Waals surface area contributed by atoms with Gasteiger partial charge in [-0.05, 0) is 76.3 Å². The van der Waals surface area contributed by atoms with Crippen LogP contribution in [-0.2, 0) is 28.6 Å². The van der Waals surface area contributed by atoms with Gasteiger partial charge in [-0.3, -0.25) is 14.4 Å². The Kier molecular flexibility index (Phi) is 39.8. The molecular formula is C54H103NO6. The summed E-state index contributed by atoms with van der Waals surface area (Å²) < 4.78 is 17.3. The monoisotopic (exact) mass is 862 g/mol. The van der Waals surface area contributed by atoms with Gasteiger partial charge in [0.05, 0.1) is 25.7 Å². The molecule has 0 aliphatic carbocycles. The highest BCUT2D eigenvalue weighted by Gasteiger charge is 2.28. The third-order valence-corrected chi connectivity index (χ3v) is 13.6. The number of hydrogen-bond donors (Lipinski definition) is 0. The summed E-state index contributed by atoms with van der Waals surface area (Å²) >= 11 is 0. The molecular weight excluding hydrogens is 759 g/mol. The fraction of sp³-hybridized carbons (Fsp3) is 0.944. The Hall–Kier alpha value is -1.63. The van der Waals surface area contributed by atoms with Crippen LogP contribution in [0.4, 0.5) is 0 Å². The summed E-state index contributed by atoms with van der Waals surface area (Å²) in [6.45, 7) is 12.6. The number of likely N-dealkylation sites (tertiary alicyclic amines) is 1. The molecule has 0 radical (unpaired) electrons. The third kappa shape index (κ3) is 35.4. The maximum absolute atomic E-state index is 12.8. The molecule has 1 heterocycles. The lowest BCUT2D eigenvalue weighted by Crippen LogP contribution is -2.24. The summed E-state index contributed by atoms with van der Waals surface area (Å²) in [5.41, 5.74) is 0. The van der Waals surface area contributed by atoms with Crippen molar-refractivity contribution in [2.45, 2.75) is 265 Å². The number of unbranched alkanes of at least 4 members (excludes halogenated alkanes) is 20. The Bertz CT molecular complexity index is 920. The molecule has 1 aliphatic heterocycles. The van der Waals surface area contributed by atoms with Crippen LogP contribution in [0.25, 0.3) is 0 Å². The van der Waals surface area contributed by atoms with Crippen molar-refractivity contribution in [3.05, 3.63) is 0 Å². The Balaban J connectivity index is 2.31. The minimum Gasteiger partial charge on any atom is -0.466 e. The fourth-order valence-corrected chi connectivity index (χ4v) is 9.35. The van der Waals surface area contributed by atoms with E-state index in [0.29, 0.717) is 50.4 Å². The molecule has 1 fully saturated rings. The van der Waals surface area contributed by atoms with Gasteiger partial charge in [-0.1, -0.05) is 207 Å². The van der Waals surface area contributed by atoms with E-state index >= 15 is 0 Å². The first-order valence-electron chi connectivity index (χ1n) is 27.0. The molecule has 0 aromatic heterocycles. The summed E-state index contributed by atoms with van der Waals surface area (Å²) in [4.78, 5) is 40.1. The number of carbonyl (C=O) groups excluding carboxylic acids is 3. The van der Waals surface area contributed by atoms with Crippen molar-refractivity contribution in [1.82, 2.24) is 4.90 Å². The predicted octanol–water partition coefficient (Wildman–Crippen LogP) is 15.5. The van der Waals surface area contributed by atoms with Crippen LogP contribution in [-0.4, -0.2) is 62.8 Å². The second-order valence-electron chi connectivity index (χ2n) is 19.5. The quantitative estimate of drug-likeness (QED) is 0.0343. The maximum atomic E-state index is 12.8. The van der Waals surface area contributed by atoms with Crippen molar-refractivity contribution < 1.29 is 28.6 Å². The minimum atomic E-state index is -0.0220. The zero-order valence-electron chi connectivity index (χ0n) is 41.4. The van der Waals surface area contributed by atoms with E-state index in [1.807, 2.05) is 0 Å². The van der Waals surface area contributed by atoms with E-state index in [9.17, 15) is 14.4 Å². The number of carbonyl (C=O) groups is 3. The van der Waals surface area contributed by atoms with E-state index < -0.39 is 0 Å². The van der Waals surface area contributed by atoms with Gasteiger partial charge in [0.25, 0.3) is 0 Å². The number of ether oxygens (including phenoxy) is 3. The van der Waals surface area contributed by atoms with Gasteiger partial charge in [-0.2, -0.15) is 0 Å².